The molecule has 2 aliphatic heterocycles. The molecule has 6 rings (SSSR count). The van der Waals surface area contributed by atoms with Gasteiger partial charge < -0.3 is 29.2 Å². The summed E-state index contributed by atoms with van der Waals surface area (Å²) in [4.78, 5) is 77.8. The number of amides is 4. The average molecular weight is 879 g/mol. The Morgan fingerprint density at radius 3 is 1.27 bits per heavy atom. The smallest absolute Gasteiger partial charge is 0.410 e. The van der Waals surface area contributed by atoms with Crippen LogP contribution in [0.3, 0.4) is 0 Å². The lowest BCUT2D eigenvalue weighted by molar-refractivity contribution is -0.140. The molecule has 0 radical (unpaired) electrons. The summed E-state index contributed by atoms with van der Waals surface area (Å²) in [5, 5.41) is 0. The van der Waals surface area contributed by atoms with Crippen molar-refractivity contribution in [1.82, 2.24) is 39.5 Å². The number of nitrogens with one attached hydrogen (secondary N) is 2. The van der Waals surface area contributed by atoms with Crippen LogP contribution in [0.5, 0.6) is 0 Å². The molecule has 6 atom stereocenters. The molecule has 2 aliphatic rings. The first-order valence-corrected chi connectivity index (χ1v) is 23.0. The van der Waals surface area contributed by atoms with Crippen molar-refractivity contribution in [2.45, 2.75) is 143 Å². The molecule has 0 spiro atoms. The molecule has 0 bridgehead atoms. The van der Waals surface area contributed by atoms with Crippen LogP contribution < -0.4 is 0 Å². The maximum Gasteiger partial charge on any atom is 0.410 e. The lowest BCUT2D eigenvalue weighted by atomic mass is 9.96. The Bertz CT molecular complexity index is 2080. The zero-order chi connectivity index (χ0) is 46.7. The van der Waals surface area contributed by atoms with Gasteiger partial charge in [-0.3, -0.25) is 19.4 Å². The first-order chi connectivity index (χ1) is 30.2. The summed E-state index contributed by atoms with van der Waals surface area (Å²) in [5.41, 5.74) is 4.47. The van der Waals surface area contributed by atoms with Crippen LogP contribution in [0.15, 0.2) is 60.9 Å². The molecule has 2 unspecified atom stereocenters. The highest BCUT2D eigenvalue weighted by Gasteiger charge is 2.43. The van der Waals surface area contributed by atoms with Gasteiger partial charge in [0.1, 0.15) is 34.9 Å². The summed E-state index contributed by atoms with van der Waals surface area (Å²) in [6.07, 6.45) is 7.37. The number of hydrogen-bond acceptors (Lipinski definition) is 8. The van der Waals surface area contributed by atoms with Crippen LogP contribution in [0.25, 0.3) is 33.6 Å². The number of hydrogen-bond donors (Lipinski definition) is 2. The number of likely N-dealkylation sites (tertiary alicyclic amines) is 2. The number of aromatic nitrogens is 4. The molecule has 2 aromatic carbocycles. The lowest BCUT2D eigenvalue weighted by Gasteiger charge is -2.36. The van der Waals surface area contributed by atoms with Crippen LogP contribution in [0.1, 0.15) is 131 Å². The van der Waals surface area contributed by atoms with Crippen LogP contribution in [0.4, 0.5) is 9.59 Å². The van der Waals surface area contributed by atoms with Gasteiger partial charge in [-0.2, -0.15) is 0 Å². The van der Waals surface area contributed by atoms with Gasteiger partial charge >= 0.3 is 12.2 Å². The van der Waals surface area contributed by atoms with Gasteiger partial charge in [-0.25, -0.2) is 19.6 Å². The van der Waals surface area contributed by atoms with Crippen molar-refractivity contribution in [3.05, 3.63) is 72.6 Å². The first kappa shape index (κ1) is 47.8. The zero-order valence-electron chi connectivity index (χ0n) is 40.0. The van der Waals surface area contributed by atoms with E-state index in [1.165, 1.54) is 9.80 Å². The van der Waals surface area contributed by atoms with E-state index < -0.39 is 35.5 Å². The first-order valence-electron chi connectivity index (χ1n) is 23.0. The van der Waals surface area contributed by atoms with Gasteiger partial charge in [0, 0.05) is 27.2 Å². The fourth-order valence-corrected chi connectivity index (χ4v) is 8.88. The fourth-order valence-electron chi connectivity index (χ4n) is 8.88. The second-order valence-electron chi connectivity index (χ2n) is 19.7. The highest BCUT2D eigenvalue weighted by Crippen LogP contribution is 2.36. The van der Waals surface area contributed by atoms with Crippen LogP contribution in [-0.2, 0) is 19.1 Å². The van der Waals surface area contributed by atoms with E-state index in [2.05, 4.69) is 58.5 Å². The maximum absolute atomic E-state index is 14.2. The van der Waals surface area contributed by atoms with Crippen LogP contribution >= 0.6 is 0 Å². The molecular weight excluding hydrogens is 809 g/mol. The van der Waals surface area contributed by atoms with E-state index >= 15 is 0 Å². The largest absolute Gasteiger partial charge is 0.444 e. The van der Waals surface area contributed by atoms with Crippen LogP contribution in [0.2, 0.25) is 0 Å². The number of likely N-dealkylation sites (N-methyl/N-ethyl adjacent to an activating group) is 2. The SMILES string of the molecule is CCC(C)[C@@H](C(=O)N1CCC[C@H]1c1ncc(-c2ccc(-c3ccc(-c4cnc([C@@H]5CCCN5C(=O)[C@H](C(C)CC)N(C)C(=O)OC(C)(C)C)[nH]4)cc3)cc2)[nH]1)N(C)C(=O)OC(C)(C)C. The van der Waals surface area contributed by atoms with Crippen molar-refractivity contribution in [1.29, 1.82) is 0 Å². The van der Waals surface area contributed by atoms with Gasteiger partial charge in [0.2, 0.25) is 11.8 Å². The Labute approximate surface area is 379 Å². The molecular formula is C50H70N8O6. The Kier molecular flexibility index (Phi) is 14.6. The van der Waals surface area contributed by atoms with Crippen molar-refractivity contribution in [2.24, 2.45) is 11.8 Å². The van der Waals surface area contributed by atoms with Gasteiger partial charge in [-0.05, 0) is 101 Å². The zero-order valence-corrected chi connectivity index (χ0v) is 40.0. The molecule has 2 saturated heterocycles. The van der Waals surface area contributed by atoms with E-state index in [4.69, 9.17) is 19.4 Å². The highest BCUT2D eigenvalue weighted by atomic mass is 16.6. The number of nitrogens with zero attached hydrogens (tertiary/aromatic N) is 6. The normalized spacial score (nSPS) is 18.6. The van der Waals surface area contributed by atoms with E-state index in [1.54, 1.807) is 14.1 Å². The van der Waals surface area contributed by atoms with Crippen molar-refractivity contribution in [3.8, 4) is 33.6 Å². The molecule has 14 heteroatoms. The van der Waals surface area contributed by atoms with Gasteiger partial charge in [-0.15, -0.1) is 0 Å². The molecule has 2 fully saturated rings. The number of rotatable bonds is 13. The van der Waals surface area contributed by atoms with E-state index in [9.17, 15) is 19.2 Å². The summed E-state index contributed by atoms with van der Waals surface area (Å²) >= 11 is 0. The third-order valence-corrected chi connectivity index (χ3v) is 12.7. The summed E-state index contributed by atoms with van der Waals surface area (Å²) in [6.45, 7) is 20.2. The van der Waals surface area contributed by atoms with Crippen LogP contribution in [0, 0.1) is 11.8 Å². The Morgan fingerprint density at radius 1 is 0.625 bits per heavy atom. The lowest BCUT2D eigenvalue weighted by Crippen LogP contribution is -2.53. The maximum atomic E-state index is 14.2. The molecule has 2 aromatic heterocycles. The number of aromatic amines is 2. The predicted octanol–water partition coefficient (Wildman–Crippen LogP) is 10.0. The van der Waals surface area contributed by atoms with E-state index in [1.807, 2.05) is 91.4 Å². The van der Waals surface area contributed by atoms with Crippen molar-refractivity contribution < 1.29 is 28.7 Å². The van der Waals surface area contributed by atoms with Crippen molar-refractivity contribution in [2.75, 3.05) is 27.2 Å². The van der Waals surface area contributed by atoms with E-state index in [-0.39, 0.29) is 35.7 Å². The number of ether oxygens (including phenoxy) is 2. The van der Waals surface area contributed by atoms with E-state index in [0.29, 0.717) is 13.1 Å². The standard InChI is InChI=1S/C50H70N8O6/c1-13-31(3)41(55(11)47(61)63-49(5,6)7)45(59)57-27-15-17-39(57)43-51-29-37(53-43)35-23-19-33(20-24-35)34-21-25-36(26-22-34)38-30-52-44(54-38)40-18-16-28-58(40)46(60)42(32(4)14-2)56(12)48(62)64-50(8,9)10/h19-26,29-32,39-42H,13-18,27-28H2,1-12H3,(H,51,53)(H,52,54)/t31?,32?,39-,40-,41-,42-/m0/s1. The number of imidazole rings is 2. The second kappa shape index (κ2) is 19.6. The topological polar surface area (TPSA) is 157 Å². The molecule has 0 saturated carbocycles. The highest BCUT2D eigenvalue weighted by molar-refractivity contribution is 5.87. The fraction of sp³-hybridized carbons (Fsp3) is 0.560. The van der Waals surface area contributed by atoms with Crippen molar-refractivity contribution in [3.63, 3.8) is 0 Å². The minimum Gasteiger partial charge on any atom is -0.444 e. The molecule has 4 heterocycles. The molecule has 0 aliphatic carbocycles. The molecule has 4 aromatic rings. The van der Waals surface area contributed by atoms with E-state index in [0.717, 1.165) is 83.8 Å². The summed E-state index contributed by atoms with van der Waals surface area (Å²) < 4.78 is 11.3. The molecule has 346 valence electrons. The Hall–Kier alpha value is -5.66. The van der Waals surface area contributed by atoms with Gasteiger partial charge in [0.15, 0.2) is 0 Å². The predicted molar refractivity (Wildman–Crippen MR) is 249 cm³/mol. The number of carbonyl (C=O) groups is 4. The third-order valence-electron chi connectivity index (χ3n) is 12.7. The van der Waals surface area contributed by atoms with Crippen molar-refractivity contribution >= 4 is 24.0 Å². The molecule has 2 N–H and O–H groups in total. The minimum atomic E-state index is -0.668. The number of benzene rings is 2. The monoisotopic (exact) mass is 879 g/mol. The Balaban J connectivity index is 1.11. The molecule has 4 amide bonds. The van der Waals surface area contributed by atoms with Gasteiger partial charge in [0.25, 0.3) is 0 Å². The molecule has 64 heavy (non-hydrogen) atoms. The summed E-state index contributed by atoms with van der Waals surface area (Å²) in [6, 6.07) is 14.9. The number of H-pyrrole nitrogens is 2. The molecule has 14 nitrogen and oxygen atoms in total. The second-order valence-corrected chi connectivity index (χ2v) is 19.7. The quantitative estimate of drug-likeness (QED) is 0.134. The minimum absolute atomic E-state index is 0.0612. The summed E-state index contributed by atoms with van der Waals surface area (Å²) in [7, 11) is 3.31. The Morgan fingerprint density at radius 2 is 0.953 bits per heavy atom. The third kappa shape index (κ3) is 10.8. The average Bonchev–Trinajstić information content (AvgIpc) is 4.09. The number of carbonyl (C=O) groups excluding carboxylic acids is 4. The van der Waals surface area contributed by atoms with Crippen LogP contribution in [-0.4, -0.2) is 114 Å². The van der Waals surface area contributed by atoms with Gasteiger partial charge in [-0.1, -0.05) is 89.1 Å². The summed E-state index contributed by atoms with van der Waals surface area (Å²) in [5.74, 6) is 1.17. The van der Waals surface area contributed by atoms with Gasteiger partial charge in [0.05, 0.1) is 35.9 Å².